The number of aromatic amines is 1. The maximum absolute atomic E-state index is 13.2. The summed E-state index contributed by atoms with van der Waals surface area (Å²) in [5.74, 6) is -0.118. The summed E-state index contributed by atoms with van der Waals surface area (Å²) in [6.07, 6.45) is 4.43. The molecule has 1 aliphatic heterocycles. The third-order valence-electron chi connectivity index (χ3n) is 6.75. The summed E-state index contributed by atoms with van der Waals surface area (Å²) in [5.41, 5.74) is 4.97. The number of benzene rings is 2. The van der Waals surface area contributed by atoms with E-state index in [-0.39, 0.29) is 18.0 Å². The molecule has 5 rings (SSSR count). The quantitative estimate of drug-likeness (QED) is 0.242. The first kappa shape index (κ1) is 27.6. The molecule has 1 aliphatic rings. The lowest BCUT2D eigenvalue weighted by molar-refractivity contribution is 0.0505. The Balaban J connectivity index is 1.33. The molecule has 2 aromatic heterocycles. The highest BCUT2D eigenvalue weighted by atomic mass is 32.1. The molecule has 2 aromatic carbocycles. The zero-order chi connectivity index (χ0) is 28.3. The summed E-state index contributed by atoms with van der Waals surface area (Å²) in [4.78, 5) is 28.4. The Morgan fingerprint density at radius 2 is 2.00 bits per heavy atom. The number of aryl methyl sites for hydroxylation is 1. The van der Waals surface area contributed by atoms with E-state index in [1.165, 1.54) is 11.3 Å². The van der Waals surface area contributed by atoms with E-state index < -0.39 is 5.60 Å². The van der Waals surface area contributed by atoms with Gasteiger partial charge in [-0.15, -0.1) is 11.3 Å². The molecule has 2 amide bonds. The highest BCUT2D eigenvalue weighted by molar-refractivity contribution is 7.12. The van der Waals surface area contributed by atoms with E-state index in [1.54, 1.807) is 0 Å². The van der Waals surface area contributed by atoms with Crippen LogP contribution in [0.15, 0.2) is 53.9 Å². The van der Waals surface area contributed by atoms with Crippen molar-refractivity contribution in [3.8, 4) is 0 Å². The number of thiophene rings is 1. The van der Waals surface area contributed by atoms with Crippen LogP contribution in [0, 0.1) is 6.92 Å². The summed E-state index contributed by atoms with van der Waals surface area (Å²) < 4.78 is 5.41. The molecule has 0 aliphatic carbocycles. The summed E-state index contributed by atoms with van der Waals surface area (Å²) >= 11 is 1.44. The third kappa shape index (κ3) is 6.78. The Hall–Kier alpha value is -3.95. The van der Waals surface area contributed by atoms with E-state index in [0.29, 0.717) is 11.4 Å². The molecule has 0 radical (unpaired) electrons. The highest BCUT2D eigenvalue weighted by Crippen LogP contribution is 2.26. The van der Waals surface area contributed by atoms with Gasteiger partial charge in [0.15, 0.2) is 0 Å². The number of anilines is 1. The number of nitrogens with zero attached hydrogens (tertiary/aromatic N) is 2. The zero-order valence-corrected chi connectivity index (χ0v) is 24.1. The van der Waals surface area contributed by atoms with E-state index in [9.17, 15) is 9.59 Å². The lowest BCUT2D eigenvalue weighted by Gasteiger charge is -2.22. The van der Waals surface area contributed by atoms with Crippen molar-refractivity contribution in [2.75, 3.05) is 18.4 Å². The maximum Gasteiger partial charge on any atom is 0.407 e. The molecular weight excluding hydrogens is 522 g/mol. The van der Waals surface area contributed by atoms with Crippen LogP contribution in [0.1, 0.15) is 59.2 Å². The van der Waals surface area contributed by atoms with Gasteiger partial charge in [-0.2, -0.15) is 5.10 Å². The second-order valence-corrected chi connectivity index (χ2v) is 12.1. The Kier molecular flexibility index (Phi) is 8.04. The van der Waals surface area contributed by atoms with Gasteiger partial charge in [0.2, 0.25) is 0 Å². The number of fused-ring (bicyclic) bond motifs is 1. The van der Waals surface area contributed by atoms with Crippen LogP contribution in [0.3, 0.4) is 0 Å². The summed E-state index contributed by atoms with van der Waals surface area (Å²) in [6.45, 7) is 9.84. The van der Waals surface area contributed by atoms with Crippen molar-refractivity contribution < 1.29 is 14.3 Å². The number of hydrogen-bond acceptors (Lipinski definition) is 6. The molecule has 0 bridgehead atoms. The fraction of sp³-hybridized carbons (Fsp3) is 0.323. The van der Waals surface area contributed by atoms with E-state index in [2.05, 4.69) is 31.8 Å². The van der Waals surface area contributed by atoms with Gasteiger partial charge in [0.05, 0.1) is 16.1 Å². The Bertz CT molecular complexity index is 1550. The molecule has 8 nitrogen and oxygen atoms in total. The van der Waals surface area contributed by atoms with E-state index in [0.717, 1.165) is 58.5 Å². The van der Waals surface area contributed by atoms with E-state index >= 15 is 0 Å². The number of rotatable bonds is 7. The number of H-pyrrole nitrogens is 1. The number of nitrogens with one attached hydrogen (secondary N) is 3. The zero-order valence-electron chi connectivity index (χ0n) is 23.3. The number of ether oxygens (including phenoxy) is 1. The van der Waals surface area contributed by atoms with Crippen LogP contribution in [0.2, 0.25) is 0 Å². The Labute approximate surface area is 238 Å². The monoisotopic (exact) mass is 557 g/mol. The molecule has 3 N–H and O–H groups in total. The van der Waals surface area contributed by atoms with Crippen molar-refractivity contribution in [1.82, 2.24) is 20.4 Å². The molecule has 40 heavy (non-hydrogen) atoms. The first-order valence-electron chi connectivity index (χ1n) is 13.5. The molecule has 1 atom stereocenters. The van der Waals surface area contributed by atoms with Crippen LogP contribution < -0.4 is 10.6 Å². The van der Waals surface area contributed by atoms with Gasteiger partial charge in [0.1, 0.15) is 5.60 Å². The molecule has 4 aromatic rings. The normalized spacial score (nSPS) is 16.1. The number of hydrogen-bond donors (Lipinski definition) is 3. The minimum absolute atomic E-state index is 0.0432. The average molecular weight is 558 g/mol. The number of carbonyl (C=O) groups is 2. The second kappa shape index (κ2) is 11.7. The summed E-state index contributed by atoms with van der Waals surface area (Å²) in [6, 6.07) is 16.1. The van der Waals surface area contributed by atoms with Crippen molar-refractivity contribution in [3.05, 3.63) is 81.2 Å². The molecular formula is C31H35N5O3S. The van der Waals surface area contributed by atoms with Crippen LogP contribution in [-0.4, -0.2) is 51.8 Å². The van der Waals surface area contributed by atoms with Crippen LogP contribution in [0.4, 0.5) is 10.5 Å². The van der Waals surface area contributed by atoms with E-state index in [1.807, 2.05) is 87.7 Å². The topological polar surface area (TPSA) is 99.3 Å². The third-order valence-corrected chi connectivity index (χ3v) is 7.77. The number of alkyl carbamates (subject to hydrolysis) is 1. The Morgan fingerprint density at radius 3 is 2.77 bits per heavy atom. The second-order valence-electron chi connectivity index (χ2n) is 11.2. The molecule has 1 fully saturated rings. The van der Waals surface area contributed by atoms with Gasteiger partial charge >= 0.3 is 6.09 Å². The van der Waals surface area contributed by atoms with Crippen LogP contribution in [0.25, 0.3) is 23.1 Å². The lowest BCUT2D eigenvalue weighted by atomic mass is 10.1. The van der Waals surface area contributed by atoms with Gasteiger partial charge in [-0.3, -0.25) is 14.8 Å². The molecule has 208 valence electrons. The number of para-hydroxylation sites is 1. The number of likely N-dealkylation sites (tertiary alicyclic amines) is 1. The average Bonchev–Trinajstić information content (AvgIpc) is 3.62. The fourth-order valence-corrected chi connectivity index (χ4v) is 5.67. The van der Waals surface area contributed by atoms with Crippen molar-refractivity contribution in [1.29, 1.82) is 0 Å². The van der Waals surface area contributed by atoms with Crippen molar-refractivity contribution in [2.24, 2.45) is 0 Å². The van der Waals surface area contributed by atoms with Gasteiger partial charge in [0.25, 0.3) is 5.91 Å². The largest absolute Gasteiger partial charge is 0.444 e. The first-order chi connectivity index (χ1) is 19.1. The van der Waals surface area contributed by atoms with Gasteiger partial charge in [-0.05, 0) is 80.5 Å². The fourth-order valence-electron chi connectivity index (χ4n) is 4.85. The predicted molar refractivity (Wildman–Crippen MR) is 162 cm³/mol. The molecule has 0 spiro atoms. The van der Waals surface area contributed by atoms with Gasteiger partial charge in [-0.25, -0.2) is 4.79 Å². The standard InChI is InChI=1S/C31H35N5O3S/c1-20-14-16-40-28(20)29(37)33-27-17-21(18-36-15-13-23(19-36)32-30(38)39-31(2,3)4)9-10-22(27)11-12-26-24-7-5-6-8-25(24)34-35-26/h5-12,14,16-17,23H,13,15,18-19H2,1-4H3,(H,32,38)(H,33,37)(H,34,35)/t23-/m1/s1. The van der Waals surface area contributed by atoms with Gasteiger partial charge < -0.3 is 15.4 Å². The molecule has 0 unspecified atom stereocenters. The number of amides is 2. The molecule has 0 saturated carbocycles. The highest BCUT2D eigenvalue weighted by Gasteiger charge is 2.26. The Morgan fingerprint density at radius 1 is 1.18 bits per heavy atom. The number of aromatic nitrogens is 2. The first-order valence-corrected chi connectivity index (χ1v) is 14.3. The smallest absolute Gasteiger partial charge is 0.407 e. The lowest BCUT2D eigenvalue weighted by Crippen LogP contribution is -2.40. The molecule has 1 saturated heterocycles. The van der Waals surface area contributed by atoms with Crippen molar-refractivity contribution >= 4 is 52.1 Å². The minimum Gasteiger partial charge on any atom is -0.444 e. The van der Waals surface area contributed by atoms with E-state index in [4.69, 9.17) is 4.74 Å². The van der Waals surface area contributed by atoms with Gasteiger partial charge in [-0.1, -0.05) is 36.4 Å². The molecule has 3 heterocycles. The SMILES string of the molecule is Cc1ccsc1C(=O)Nc1cc(CN2CC[C@@H](NC(=O)OC(C)(C)C)C2)ccc1C=Cc1n[nH]c2ccccc12. The van der Waals surface area contributed by atoms with Crippen molar-refractivity contribution in [2.45, 2.75) is 52.3 Å². The van der Waals surface area contributed by atoms with Crippen LogP contribution in [0.5, 0.6) is 0 Å². The summed E-state index contributed by atoms with van der Waals surface area (Å²) in [5, 5.41) is 16.6. The molecule has 9 heteroatoms. The van der Waals surface area contributed by atoms with Crippen LogP contribution >= 0.6 is 11.3 Å². The minimum atomic E-state index is -0.523. The summed E-state index contributed by atoms with van der Waals surface area (Å²) in [7, 11) is 0. The van der Waals surface area contributed by atoms with Gasteiger partial charge in [0, 0.05) is 36.7 Å². The maximum atomic E-state index is 13.2. The number of carbonyl (C=O) groups excluding carboxylic acids is 2. The van der Waals surface area contributed by atoms with Crippen LogP contribution in [-0.2, 0) is 11.3 Å². The predicted octanol–water partition coefficient (Wildman–Crippen LogP) is 6.45. The van der Waals surface area contributed by atoms with Crippen molar-refractivity contribution in [3.63, 3.8) is 0 Å².